The molecule has 18 heavy (non-hydrogen) atoms. The molecule has 0 spiro atoms. The van der Waals surface area contributed by atoms with Crippen molar-refractivity contribution in [3.63, 3.8) is 0 Å². The summed E-state index contributed by atoms with van der Waals surface area (Å²) in [6, 6.07) is 4.93. The van der Waals surface area contributed by atoms with Crippen LogP contribution >= 0.6 is 22.6 Å². The third-order valence-electron chi connectivity index (χ3n) is 2.69. The molecule has 98 valence electrons. The lowest BCUT2D eigenvalue weighted by atomic mass is 10.1. The monoisotopic (exact) mass is 367 g/mol. The number of likely N-dealkylation sites (tertiary alicyclic amines) is 1. The molecule has 2 rings (SSSR count). The lowest BCUT2D eigenvalue weighted by Crippen LogP contribution is -2.42. The van der Waals surface area contributed by atoms with Crippen molar-refractivity contribution in [3.8, 4) is 5.75 Å². The number of carbonyl (C=O) groups excluding carboxylic acids is 1. The first-order valence-electron chi connectivity index (χ1n) is 5.57. The molecule has 3 nitrogen and oxygen atoms in total. The van der Waals surface area contributed by atoms with Gasteiger partial charge in [-0.1, -0.05) is 0 Å². The van der Waals surface area contributed by atoms with Gasteiger partial charge < -0.3 is 9.64 Å². The van der Waals surface area contributed by atoms with Crippen molar-refractivity contribution >= 4 is 28.5 Å². The van der Waals surface area contributed by atoms with Gasteiger partial charge in [0.1, 0.15) is 12.4 Å². The molecule has 0 aromatic heterocycles. The normalized spacial score (nSPS) is 14.6. The average molecular weight is 367 g/mol. The fourth-order valence-electron chi connectivity index (χ4n) is 1.60. The van der Waals surface area contributed by atoms with Crippen LogP contribution in [-0.2, 0) is 0 Å². The summed E-state index contributed by atoms with van der Waals surface area (Å²) in [7, 11) is 0. The number of alkyl halides is 2. The highest BCUT2D eigenvalue weighted by Crippen LogP contribution is 2.24. The largest absolute Gasteiger partial charge is 0.487 e. The lowest BCUT2D eigenvalue weighted by Gasteiger charge is -2.31. The Hall–Kier alpha value is -0.920. The van der Waals surface area contributed by atoms with Crippen LogP contribution in [-0.4, -0.2) is 36.9 Å². The van der Waals surface area contributed by atoms with E-state index in [-0.39, 0.29) is 5.91 Å². The molecular weight excluding hydrogens is 355 g/mol. The van der Waals surface area contributed by atoms with Crippen LogP contribution in [0, 0.1) is 3.57 Å². The van der Waals surface area contributed by atoms with Crippen LogP contribution in [0.4, 0.5) is 8.78 Å². The minimum atomic E-state index is -2.52. The standard InChI is InChI=1S/C12H12F2INO2/c13-11(14)7-18-10-6-8(2-3-9(10)15)12(17)16-4-1-5-16/h2-3,6,11H,1,4-5,7H2. The van der Waals surface area contributed by atoms with Crippen molar-refractivity contribution in [2.75, 3.05) is 19.7 Å². The van der Waals surface area contributed by atoms with E-state index in [1.807, 2.05) is 22.6 Å². The SMILES string of the molecule is O=C(c1ccc(I)c(OCC(F)F)c1)N1CCC1. The van der Waals surface area contributed by atoms with E-state index in [2.05, 4.69) is 0 Å². The van der Waals surface area contributed by atoms with Gasteiger partial charge in [0.2, 0.25) is 0 Å². The Balaban J connectivity index is 2.12. The summed E-state index contributed by atoms with van der Waals surface area (Å²) in [6.07, 6.45) is -1.50. The highest BCUT2D eigenvalue weighted by molar-refractivity contribution is 14.1. The van der Waals surface area contributed by atoms with Crippen LogP contribution in [0.2, 0.25) is 0 Å². The molecule has 0 radical (unpaired) electrons. The van der Waals surface area contributed by atoms with E-state index >= 15 is 0 Å². The molecule has 1 aromatic carbocycles. The van der Waals surface area contributed by atoms with Crippen molar-refractivity contribution in [3.05, 3.63) is 27.3 Å². The van der Waals surface area contributed by atoms with Gasteiger partial charge in [0.15, 0.2) is 0 Å². The molecule has 1 aliphatic heterocycles. The number of rotatable bonds is 4. The molecule has 1 heterocycles. The molecule has 1 aliphatic rings. The van der Waals surface area contributed by atoms with Gasteiger partial charge in [0, 0.05) is 18.7 Å². The van der Waals surface area contributed by atoms with Crippen LogP contribution in [0.25, 0.3) is 0 Å². The third-order valence-corrected chi connectivity index (χ3v) is 3.58. The Morgan fingerprint density at radius 2 is 2.17 bits per heavy atom. The minimum absolute atomic E-state index is 0.0699. The number of ether oxygens (including phenoxy) is 1. The van der Waals surface area contributed by atoms with E-state index in [0.29, 0.717) is 14.9 Å². The van der Waals surface area contributed by atoms with Gasteiger partial charge in [-0.15, -0.1) is 0 Å². The zero-order valence-electron chi connectivity index (χ0n) is 9.54. The predicted molar refractivity (Wildman–Crippen MR) is 71.2 cm³/mol. The third kappa shape index (κ3) is 3.09. The average Bonchev–Trinajstić information content (AvgIpc) is 2.25. The van der Waals surface area contributed by atoms with Gasteiger partial charge in [-0.25, -0.2) is 8.78 Å². The minimum Gasteiger partial charge on any atom is -0.487 e. The Morgan fingerprint density at radius 1 is 1.44 bits per heavy atom. The first-order chi connectivity index (χ1) is 8.58. The zero-order chi connectivity index (χ0) is 13.1. The number of hydrogen-bond donors (Lipinski definition) is 0. The van der Waals surface area contributed by atoms with Crippen LogP contribution in [0.3, 0.4) is 0 Å². The Morgan fingerprint density at radius 3 is 2.72 bits per heavy atom. The van der Waals surface area contributed by atoms with Gasteiger partial charge in [0.05, 0.1) is 3.57 Å². The Bertz CT molecular complexity index is 450. The summed E-state index contributed by atoms with van der Waals surface area (Å²) in [6.45, 7) is 0.869. The maximum absolute atomic E-state index is 12.1. The van der Waals surface area contributed by atoms with E-state index in [0.717, 1.165) is 19.5 Å². The van der Waals surface area contributed by atoms with Gasteiger partial charge in [-0.3, -0.25) is 4.79 Å². The summed E-state index contributed by atoms with van der Waals surface area (Å²) in [5.41, 5.74) is 0.486. The maximum Gasteiger partial charge on any atom is 0.272 e. The quantitative estimate of drug-likeness (QED) is 0.767. The molecule has 0 saturated carbocycles. The van der Waals surface area contributed by atoms with Crippen molar-refractivity contribution in [1.82, 2.24) is 4.90 Å². The maximum atomic E-state index is 12.1. The number of carbonyl (C=O) groups is 1. The molecule has 1 aromatic rings. The van der Waals surface area contributed by atoms with Crippen LogP contribution in [0.15, 0.2) is 18.2 Å². The van der Waals surface area contributed by atoms with Crippen LogP contribution in [0.5, 0.6) is 5.75 Å². The summed E-state index contributed by atoms with van der Waals surface area (Å²) in [5, 5.41) is 0. The Kier molecular flexibility index (Phi) is 4.36. The van der Waals surface area contributed by atoms with Crippen LogP contribution in [0.1, 0.15) is 16.8 Å². The zero-order valence-corrected chi connectivity index (χ0v) is 11.7. The van der Waals surface area contributed by atoms with Crippen molar-refractivity contribution in [2.45, 2.75) is 12.8 Å². The van der Waals surface area contributed by atoms with Gasteiger partial charge in [-0.2, -0.15) is 0 Å². The number of hydrogen-bond acceptors (Lipinski definition) is 2. The summed E-state index contributed by atoms with van der Waals surface area (Å²) < 4.78 is 29.9. The second-order valence-electron chi connectivity index (χ2n) is 3.99. The second-order valence-corrected chi connectivity index (χ2v) is 5.16. The first-order valence-corrected chi connectivity index (χ1v) is 6.65. The predicted octanol–water partition coefficient (Wildman–Crippen LogP) is 2.78. The second kappa shape index (κ2) is 5.81. The Labute approximate surface area is 117 Å². The van der Waals surface area contributed by atoms with E-state index in [1.165, 1.54) is 6.07 Å². The molecule has 0 N–H and O–H groups in total. The molecule has 0 bridgehead atoms. The molecule has 0 unspecified atom stereocenters. The van der Waals surface area contributed by atoms with Gasteiger partial charge in [0.25, 0.3) is 12.3 Å². The van der Waals surface area contributed by atoms with E-state index < -0.39 is 13.0 Å². The molecular formula is C12H12F2INO2. The van der Waals surface area contributed by atoms with Crippen molar-refractivity contribution in [2.24, 2.45) is 0 Å². The molecule has 1 fully saturated rings. The fraction of sp³-hybridized carbons (Fsp3) is 0.417. The topological polar surface area (TPSA) is 29.5 Å². The molecule has 1 saturated heterocycles. The smallest absolute Gasteiger partial charge is 0.272 e. The number of benzene rings is 1. The van der Waals surface area contributed by atoms with E-state index in [1.54, 1.807) is 17.0 Å². The lowest BCUT2D eigenvalue weighted by molar-refractivity contribution is 0.0650. The highest BCUT2D eigenvalue weighted by Gasteiger charge is 2.22. The highest BCUT2D eigenvalue weighted by atomic mass is 127. The number of nitrogens with zero attached hydrogens (tertiary/aromatic N) is 1. The molecule has 0 aliphatic carbocycles. The fourth-order valence-corrected chi connectivity index (χ4v) is 2.09. The summed E-state index contributed by atoms with van der Waals surface area (Å²) in [5.74, 6) is 0.266. The molecule has 1 amide bonds. The van der Waals surface area contributed by atoms with Crippen molar-refractivity contribution < 1.29 is 18.3 Å². The first kappa shape index (κ1) is 13.5. The summed E-state index contributed by atoms with van der Waals surface area (Å²) in [4.78, 5) is 13.7. The van der Waals surface area contributed by atoms with E-state index in [4.69, 9.17) is 4.74 Å². The van der Waals surface area contributed by atoms with Crippen LogP contribution < -0.4 is 4.74 Å². The van der Waals surface area contributed by atoms with E-state index in [9.17, 15) is 13.6 Å². The molecule has 6 heteroatoms. The number of halogens is 3. The summed E-state index contributed by atoms with van der Waals surface area (Å²) >= 11 is 1.99. The van der Waals surface area contributed by atoms with Gasteiger partial charge in [-0.05, 0) is 47.2 Å². The van der Waals surface area contributed by atoms with Crippen molar-refractivity contribution in [1.29, 1.82) is 0 Å². The number of amides is 1. The van der Waals surface area contributed by atoms with Gasteiger partial charge >= 0.3 is 0 Å². The molecule has 0 atom stereocenters.